The third kappa shape index (κ3) is 12.0. The van der Waals surface area contributed by atoms with Gasteiger partial charge in [0.15, 0.2) is 0 Å². The molecule has 0 rings (SSSR count). The highest BCUT2D eigenvalue weighted by Gasteiger charge is 2.35. The molecule has 0 saturated heterocycles. The molecule has 0 aliphatic heterocycles. The fraction of sp³-hybridized carbons (Fsp3) is 0.857. The van der Waals surface area contributed by atoms with Crippen LogP contribution in [0.1, 0.15) is 79.1 Å². The van der Waals surface area contributed by atoms with Crippen LogP contribution >= 0.6 is 0 Å². The van der Waals surface area contributed by atoms with Gasteiger partial charge in [0.1, 0.15) is 6.61 Å². The van der Waals surface area contributed by atoms with Gasteiger partial charge in [-0.1, -0.05) is 53.4 Å². The summed E-state index contributed by atoms with van der Waals surface area (Å²) in [6.45, 7) is 7.81. The first kappa shape index (κ1) is 26.4. The molecule has 7 nitrogen and oxygen atoms in total. The summed E-state index contributed by atoms with van der Waals surface area (Å²) in [5.41, 5.74) is 0. The normalized spacial score (nSPS) is 14.0. The van der Waals surface area contributed by atoms with E-state index >= 15 is 0 Å². The van der Waals surface area contributed by atoms with Crippen molar-refractivity contribution in [3.63, 3.8) is 0 Å². The summed E-state index contributed by atoms with van der Waals surface area (Å²) in [6, 6.07) is 0. The van der Waals surface area contributed by atoms with E-state index in [9.17, 15) is 19.5 Å². The predicted octanol–water partition coefficient (Wildman–Crippen LogP) is 3.41. The largest absolute Gasteiger partial charge is 0.466 e. The van der Waals surface area contributed by atoms with E-state index in [1.54, 1.807) is 6.92 Å². The van der Waals surface area contributed by atoms with Crippen LogP contribution in [-0.2, 0) is 28.6 Å². The Kier molecular flexibility index (Phi) is 15.4. The molecular formula is C21H38O7. The molecule has 3 unspecified atom stereocenters. The molecular weight excluding hydrogens is 364 g/mol. The molecule has 3 atom stereocenters. The van der Waals surface area contributed by atoms with Gasteiger partial charge in [-0.15, -0.1) is 0 Å². The van der Waals surface area contributed by atoms with Gasteiger partial charge < -0.3 is 19.3 Å². The van der Waals surface area contributed by atoms with Crippen LogP contribution in [0, 0.1) is 11.8 Å². The number of hydrogen-bond donors (Lipinski definition) is 1. The first-order valence-electron chi connectivity index (χ1n) is 10.5. The Morgan fingerprint density at radius 2 is 1.39 bits per heavy atom. The minimum atomic E-state index is -0.966. The monoisotopic (exact) mass is 402 g/mol. The number of carbonyl (C=O) groups excluding carboxylic acids is 3. The average molecular weight is 403 g/mol. The highest BCUT2D eigenvalue weighted by atomic mass is 16.5. The highest BCUT2D eigenvalue weighted by molar-refractivity contribution is 5.85. The van der Waals surface area contributed by atoms with E-state index in [0.29, 0.717) is 13.0 Å². The number of unbranched alkanes of at least 4 members (excludes halogenated alkanes) is 4. The van der Waals surface area contributed by atoms with Crippen molar-refractivity contribution in [3.05, 3.63) is 0 Å². The average Bonchev–Trinajstić information content (AvgIpc) is 2.69. The standard InChI is InChI=1S/C21H38O7/c1-5-8-10-12-26-19(23)14-18(21(25)27-13-11-9-6-2)16(4)20(24)28-15-17(22)7-3/h16-18,22H,5-15H2,1-4H3. The molecule has 0 aromatic rings. The molecule has 0 aromatic carbocycles. The van der Waals surface area contributed by atoms with E-state index in [0.717, 1.165) is 38.5 Å². The van der Waals surface area contributed by atoms with Crippen molar-refractivity contribution in [2.45, 2.75) is 85.2 Å². The van der Waals surface area contributed by atoms with Crippen LogP contribution in [0.3, 0.4) is 0 Å². The molecule has 7 heteroatoms. The zero-order valence-corrected chi connectivity index (χ0v) is 17.9. The molecule has 0 fully saturated rings. The quantitative estimate of drug-likeness (QED) is 0.240. The van der Waals surface area contributed by atoms with Crippen molar-refractivity contribution in [1.82, 2.24) is 0 Å². The van der Waals surface area contributed by atoms with E-state index in [1.165, 1.54) is 6.92 Å². The first-order valence-corrected chi connectivity index (χ1v) is 10.5. The Morgan fingerprint density at radius 3 is 1.93 bits per heavy atom. The van der Waals surface area contributed by atoms with Gasteiger partial charge in [-0.3, -0.25) is 14.4 Å². The van der Waals surface area contributed by atoms with Gasteiger partial charge >= 0.3 is 17.9 Å². The van der Waals surface area contributed by atoms with Gasteiger partial charge in [0.25, 0.3) is 0 Å². The maximum absolute atomic E-state index is 12.5. The molecule has 164 valence electrons. The van der Waals surface area contributed by atoms with Gasteiger partial charge in [0, 0.05) is 0 Å². The fourth-order valence-electron chi connectivity index (χ4n) is 2.46. The van der Waals surface area contributed by atoms with Crippen molar-refractivity contribution in [1.29, 1.82) is 0 Å². The number of aliphatic hydroxyl groups is 1. The van der Waals surface area contributed by atoms with Gasteiger partial charge in [-0.05, 0) is 19.3 Å². The molecule has 0 aromatic heterocycles. The molecule has 0 amide bonds. The lowest BCUT2D eigenvalue weighted by Crippen LogP contribution is -2.34. The smallest absolute Gasteiger partial charge is 0.310 e. The Labute approximate surface area is 169 Å². The molecule has 0 radical (unpaired) electrons. The Hall–Kier alpha value is -1.63. The maximum atomic E-state index is 12.5. The van der Waals surface area contributed by atoms with Crippen LogP contribution < -0.4 is 0 Å². The van der Waals surface area contributed by atoms with Gasteiger partial charge in [-0.25, -0.2) is 0 Å². The second-order valence-corrected chi connectivity index (χ2v) is 7.09. The molecule has 0 spiro atoms. The summed E-state index contributed by atoms with van der Waals surface area (Å²) in [5, 5.41) is 9.55. The third-order valence-corrected chi connectivity index (χ3v) is 4.56. The van der Waals surface area contributed by atoms with Gasteiger partial charge in [0.2, 0.25) is 0 Å². The summed E-state index contributed by atoms with van der Waals surface area (Å²) in [7, 11) is 0. The number of aliphatic hydroxyl groups excluding tert-OH is 1. The van der Waals surface area contributed by atoms with Crippen molar-refractivity contribution in [2.75, 3.05) is 19.8 Å². The van der Waals surface area contributed by atoms with E-state index in [-0.39, 0.29) is 19.6 Å². The number of hydrogen-bond acceptors (Lipinski definition) is 7. The Bertz CT molecular complexity index is 450. The molecule has 0 heterocycles. The van der Waals surface area contributed by atoms with E-state index in [4.69, 9.17) is 14.2 Å². The zero-order chi connectivity index (χ0) is 21.4. The first-order chi connectivity index (χ1) is 13.4. The van der Waals surface area contributed by atoms with Crippen molar-refractivity contribution < 1.29 is 33.7 Å². The number of carbonyl (C=O) groups is 3. The predicted molar refractivity (Wildman–Crippen MR) is 105 cm³/mol. The van der Waals surface area contributed by atoms with E-state index in [2.05, 4.69) is 6.92 Å². The third-order valence-electron chi connectivity index (χ3n) is 4.56. The summed E-state index contributed by atoms with van der Waals surface area (Å²) >= 11 is 0. The van der Waals surface area contributed by atoms with Gasteiger partial charge in [0.05, 0.1) is 37.6 Å². The summed E-state index contributed by atoms with van der Waals surface area (Å²) < 4.78 is 15.5. The lowest BCUT2D eigenvalue weighted by molar-refractivity contribution is -0.165. The van der Waals surface area contributed by atoms with Crippen LogP contribution in [-0.4, -0.2) is 48.9 Å². The van der Waals surface area contributed by atoms with Gasteiger partial charge in [-0.2, -0.15) is 0 Å². The lowest BCUT2D eigenvalue weighted by atomic mass is 9.91. The SMILES string of the molecule is CCCCCOC(=O)CC(C(=O)OCCCCC)C(C)C(=O)OCC(O)CC. The van der Waals surface area contributed by atoms with E-state index in [1.807, 2.05) is 6.92 Å². The summed E-state index contributed by atoms with van der Waals surface area (Å²) in [4.78, 5) is 36.9. The minimum absolute atomic E-state index is 0.139. The number of ether oxygens (including phenoxy) is 3. The Morgan fingerprint density at radius 1 is 0.821 bits per heavy atom. The lowest BCUT2D eigenvalue weighted by Gasteiger charge is -2.21. The topological polar surface area (TPSA) is 99.1 Å². The summed E-state index contributed by atoms with van der Waals surface area (Å²) in [5.74, 6) is -3.60. The number of rotatable bonds is 16. The molecule has 0 saturated carbocycles. The fourth-order valence-corrected chi connectivity index (χ4v) is 2.46. The van der Waals surface area contributed by atoms with Crippen LogP contribution in [0.2, 0.25) is 0 Å². The summed E-state index contributed by atoms with van der Waals surface area (Å²) in [6.07, 6.45) is 4.87. The highest BCUT2D eigenvalue weighted by Crippen LogP contribution is 2.21. The van der Waals surface area contributed by atoms with Crippen molar-refractivity contribution in [2.24, 2.45) is 11.8 Å². The number of esters is 3. The van der Waals surface area contributed by atoms with Crippen molar-refractivity contribution >= 4 is 17.9 Å². The molecule has 0 aliphatic rings. The maximum Gasteiger partial charge on any atom is 0.310 e. The van der Waals surface area contributed by atoms with Crippen LogP contribution in [0.15, 0.2) is 0 Å². The van der Waals surface area contributed by atoms with Crippen molar-refractivity contribution in [3.8, 4) is 0 Å². The zero-order valence-electron chi connectivity index (χ0n) is 17.9. The molecule has 1 N–H and O–H groups in total. The van der Waals surface area contributed by atoms with Crippen LogP contribution in [0.5, 0.6) is 0 Å². The second-order valence-electron chi connectivity index (χ2n) is 7.09. The van der Waals surface area contributed by atoms with Crippen LogP contribution in [0.4, 0.5) is 0 Å². The Balaban J connectivity index is 4.82. The molecule has 0 bridgehead atoms. The van der Waals surface area contributed by atoms with Crippen LogP contribution in [0.25, 0.3) is 0 Å². The van der Waals surface area contributed by atoms with E-state index < -0.39 is 35.8 Å². The molecule has 28 heavy (non-hydrogen) atoms. The second kappa shape index (κ2) is 16.3. The molecule has 0 aliphatic carbocycles. The minimum Gasteiger partial charge on any atom is -0.466 e.